The molecule has 2 atom stereocenters. The molecule has 2 saturated heterocycles. The lowest BCUT2D eigenvalue weighted by Crippen LogP contribution is -2.57. The molecule has 3 N–H and O–H groups in total. The Kier molecular flexibility index (Phi) is 3.14. The van der Waals surface area contributed by atoms with Crippen LogP contribution in [0.25, 0.3) is 0 Å². The third-order valence-corrected chi connectivity index (χ3v) is 3.47. The Labute approximate surface area is 95.3 Å². The van der Waals surface area contributed by atoms with Crippen molar-refractivity contribution in [2.45, 2.75) is 44.2 Å². The van der Waals surface area contributed by atoms with E-state index in [2.05, 4.69) is 16.0 Å². The highest BCUT2D eigenvalue weighted by molar-refractivity contribution is 5.86. The molecular weight excluding hydrogens is 206 g/mol. The van der Waals surface area contributed by atoms with Gasteiger partial charge in [0.25, 0.3) is 0 Å². The first kappa shape index (κ1) is 11.4. The standard InChI is InChI=1S/C11H19N3O2/c1-11(5-2-6-13-11)10(16)14-8-3-4-9(15)12-7-8/h8,13H,2-7H2,1H3,(H,12,15)(H,14,16). The van der Waals surface area contributed by atoms with Crippen molar-refractivity contribution >= 4 is 11.8 Å². The highest BCUT2D eigenvalue weighted by atomic mass is 16.2. The maximum absolute atomic E-state index is 12.0. The third-order valence-electron chi connectivity index (χ3n) is 3.47. The number of carbonyl (C=O) groups excluding carboxylic acids is 2. The molecule has 2 amide bonds. The van der Waals surface area contributed by atoms with Crippen LogP contribution in [0.15, 0.2) is 0 Å². The number of hydrogen-bond acceptors (Lipinski definition) is 3. The molecule has 0 aliphatic carbocycles. The van der Waals surface area contributed by atoms with E-state index in [0.29, 0.717) is 13.0 Å². The summed E-state index contributed by atoms with van der Waals surface area (Å²) < 4.78 is 0. The molecule has 5 heteroatoms. The molecule has 2 unspecified atom stereocenters. The minimum atomic E-state index is -0.415. The molecule has 16 heavy (non-hydrogen) atoms. The molecule has 0 spiro atoms. The molecule has 0 saturated carbocycles. The van der Waals surface area contributed by atoms with E-state index >= 15 is 0 Å². The predicted molar refractivity (Wildman–Crippen MR) is 59.8 cm³/mol. The van der Waals surface area contributed by atoms with Crippen LogP contribution in [0.2, 0.25) is 0 Å². The van der Waals surface area contributed by atoms with Crippen molar-refractivity contribution in [2.24, 2.45) is 0 Å². The summed E-state index contributed by atoms with van der Waals surface area (Å²) in [5.41, 5.74) is -0.415. The smallest absolute Gasteiger partial charge is 0.240 e. The lowest BCUT2D eigenvalue weighted by molar-refractivity contribution is -0.129. The molecule has 2 aliphatic heterocycles. The van der Waals surface area contributed by atoms with E-state index in [-0.39, 0.29) is 17.9 Å². The first-order chi connectivity index (χ1) is 7.60. The van der Waals surface area contributed by atoms with E-state index < -0.39 is 5.54 Å². The van der Waals surface area contributed by atoms with Crippen LogP contribution in [0.3, 0.4) is 0 Å². The number of nitrogens with one attached hydrogen (secondary N) is 3. The van der Waals surface area contributed by atoms with E-state index in [1.165, 1.54) is 0 Å². The molecule has 0 radical (unpaired) electrons. The number of hydrogen-bond donors (Lipinski definition) is 3. The number of rotatable bonds is 2. The Morgan fingerprint density at radius 1 is 1.56 bits per heavy atom. The summed E-state index contributed by atoms with van der Waals surface area (Å²) in [5, 5.41) is 9.00. The Morgan fingerprint density at radius 2 is 2.38 bits per heavy atom. The van der Waals surface area contributed by atoms with E-state index in [4.69, 9.17) is 0 Å². The van der Waals surface area contributed by atoms with Crippen molar-refractivity contribution in [3.05, 3.63) is 0 Å². The van der Waals surface area contributed by atoms with E-state index in [9.17, 15) is 9.59 Å². The van der Waals surface area contributed by atoms with Crippen molar-refractivity contribution in [1.82, 2.24) is 16.0 Å². The normalized spacial score (nSPS) is 34.6. The fourth-order valence-electron chi connectivity index (χ4n) is 2.29. The van der Waals surface area contributed by atoms with Crippen molar-refractivity contribution in [3.8, 4) is 0 Å². The monoisotopic (exact) mass is 225 g/mol. The lowest BCUT2D eigenvalue weighted by Gasteiger charge is -2.29. The van der Waals surface area contributed by atoms with Crippen molar-refractivity contribution in [2.75, 3.05) is 13.1 Å². The first-order valence-corrected chi connectivity index (χ1v) is 5.93. The van der Waals surface area contributed by atoms with Gasteiger partial charge in [-0.2, -0.15) is 0 Å². The zero-order valence-corrected chi connectivity index (χ0v) is 9.64. The predicted octanol–water partition coefficient (Wildman–Crippen LogP) is -0.477. The Morgan fingerprint density at radius 3 is 2.94 bits per heavy atom. The summed E-state index contributed by atoms with van der Waals surface area (Å²) in [6.07, 6.45) is 3.19. The van der Waals surface area contributed by atoms with Gasteiger partial charge >= 0.3 is 0 Å². The molecule has 2 fully saturated rings. The van der Waals surface area contributed by atoms with Gasteiger partial charge in [-0.1, -0.05) is 0 Å². The van der Waals surface area contributed by atoms with Crippen LogP contribution in [0.5, 0.6) is 0 Å². The summed E-state index contributed by atoms with van der Waals surface area (Å²) in [5.74, 6) is 0.141. The van der Waals surface area contributed by atoms with Crippen LogP contribution >= 0.6 is 0 Å². The molecule has 0 aromatic rings. The van der Waals surface area contributed by atoms with Crippen molar-refractivity contribution in [1.29, 1.82) is 0 Å². The Bertz CT molecular complexity index is 288. The maximum atomic E-state index is 12.0. The molecule has 2 rings (SSSR count). The molecule has 2 heterocycles. The fourth-order valence-corrected chi connectivity index (χ4v) is 2.29. The Hall–Kier alpha value is -1.10. The SMILES string of the molecule is CC1(C(=O)NC2CCC(=O)NC2)CCCN1. The lowest BCUT2D eigenvalue weighted by atomic mass is 9.98. The molecule has 0 aromatic heterocycles. The second kappa shape index (κ2) is 4.41. The highest BCUT2D eigenvalue weighted by Gasteiger charge is 2.37. The van der Waals surface area contributed by atoms with Gasteiger partial charge in [-0.15, -0.1) is 0 Å². The largest absolute Gasteiger partial charge is 0.354 e. The van der Waals surface area contributed by atoms with E-state index in [1.807, 2.05) is 6.92 Å². The van der Waals surface area contributed by atoms with Crippen LogP contribution in [-0.2, 0) is 9.59 Å². The molecule has 2 aliphatic rings. The van der Waals surface area contributed by atoms with Gasteiger partial charge in [0.2, 0.25) is 11.8 Å². The van der Waals surface area contributed by atoms with Gasteiger partial charge in [-0.05, 0) is 32.7 Å². The van der Waals surface area contributed by atoms with Gasteiger partial charge in [-0.25, -0.2) is 0 Å². The van der Waals surface area contributed by atoms with Crippen molar-refractivity contribution in [3.63, 3.8) is 0 Å². The zero-order valence-electron chi connectivity index (χ0n) is 9.64. The number of piperidine rings is 1. The molecule has 5 nitrogen and oxygen atoms in total. The van der Waals surface area contributed by atoms with Crippen LogP contribution in [-0.4, -0.2) is 36.5 Å². The summed E-state index contributed by atoms with van der Waals surface area (Å²) in [4.78, 5) is 23.0. The fraction of sp³-hybridized carbons (Fsp3) is 0.818. The highest BCUT2D eigenvalue weighted by Crippen LogP contribution is 2.19. The topological polar surface area (TPSA) is 70.2 Å². The minimum absolute atomic E-state index is 0.0612. The number of amides is 2. The molecule has 0 aromatic carbocycles. The third kappa shape index (κ3) is 2.35. The first-order valence-electron chi connectivity index (χ1n) is 5.93. The van der Waals surface area contributed by atoms with Crippen LogP contribution < -0.4 is 16.0 Å². The average molecular weight is 225 g/mol. The van der Waals surface area contributed by atoms with Crippen LogP contribution in [0.1, 0.15) is 32.6 Å². The average Bonchev–Trinajstić information content (AvgIpc) is 2.70. The van der Waals surface area contributed by atoms with Gasteiger partial charge in [0.15, 0.2) is 0 Å². The minimum Gasteiger partial charge on any atom is -0.354 e. The van der Waals surface area contributed by atoms with Crippen LogP contribution in [0, 0.1) is 0 Å². The molecular formula is C11H19N3O2. The maximum Gasteiger partial charge on any atom is 0.240 e. The van der Waals surface area contributed by atoms with Gasteiger partial charge < -0.3 is 16.0 Å². The van der Waals surface area contributed by atoms with Gasteiger partial charge in [0.1, 0.15) is 0 Å². The number of carbonyl (C=O) groups is 2. The zero-order chi connectivity index (χ0) is 11.6. The van der Waals surface area contributed by atoms with Gasteiger partial charge in [0, 0.05) is 19.0 Å². The second-order valence-corrected chi connectivity index (χ2v) is 4.88. The summed E-state index contributed by atoms with van der Waals surface area (Å²) in [6.45, 7) is 3.41. The Balaban J connectivity index is 1.85. The van der Waals surface area contributed by atoms with E-state index in [0.717, 1.165) is 25.8 Å². The summed E-state index contributed by atoms with van der Waals surface area (Å²) >= 11 is 0. The quantitative estimate of drug-likeness (QED) is 0.594. The van der Waals surface area contributed by atoms with Gasteiger partial charge in [-0.3, -0.25) is 9.59 Å². The molecule has 90 valence electrons. The molecule has 0 bridgehead atoms. The summed E-state index contributed by atoms with van der Waals surface area (Å²) in [7, 11) is 0. The van der Waals surface area contributed by atoms with Crippen molar-refractivity contribution < 1.29 is 9.59 Å². The van der Waals surface area contributed by atoms with Crippen LogP contribution in [0.4, 0.5) is 0 Å². The summed E-state index contributed by atoms with van der Waals surface area (Å²) in [6, 6.07) is 0.0874. The van der Waals surface area contributed by atoms with E-state index in [1.54, 1.807) is 0 Å². The second-order valence-electron chi connectivity index (χ2n) is 4.88. The van der Waals surface area contributed by atoms with Gasteiger partial charge in [0.05, 0.1) is 5.54 Å².